The average molecular weight is 471 g/mol. The second-order valence-electron chi connectivity index (χ2n) is 9.07. The normalized spacial score (nSPS) is 18.0. The van der Waals surface area contributed by atoms with E-state index in [9.17, 15) is 4.79 Å². The molecule has 2 aromatic carbocycles. The molecule has 0 bridgehead atoms. The number of rotatable bonds is 8. The fraction of sp³-hybridized carbons (Fsp3) is 0.286. The molecular weight excluding hydrogens is 440 g/mol. The van der Waals surface area contributed by atoms with Gasteiger partial charge in [-0.25, -0.2) is 4.98 Å². The first-order valence-corrected chi connectivity index (χ1v) is 11.9. The summed E-state index contributed by atoms with van der Waals surface area (Å²) in [6, 6.07) is 23.9. The van der Waals surface area contributed by atoms with E-state index in [-0.39, 0.29) is 17.4 Å². The molecule has 1 fully saturated rings. The van der Waals surface area contributed by atoms with Crippen LogP contribution in [0.1, 0.15) is 40.2 Å². The SMILES string of the molecule is COc1cccc(CNc2nc([C@@H]3CN(Cc4ccccc4)C[C@@H]3c3ccc(C)o3)cc(=O)[nH]2)c1. The zero-order valence-corrected chi connectivity index (χ0v) is 20.0. The minimum absolute atomic E-state index is 0.0453. The Kier molecular flexibility index (Phi) is 6.68. The zero-order valence-electron chi connectivity index (χ0n) is 20.0. The molecule has 0 aliphatic carbocycles. The largest absolute Gasteiger partial charge is 0.497 e. The topological polar surface area (TPSA) is 83.4 Å². The molecule has 5 rings (SSSR count). The van der Waals surface area contributed by atoms with Gasteiger partial charge in [0.2, 0.25) is 5.95 Å². The Balaban J connectivity index is 1.39. The Labute approximate surface area is 204 Å². The van der Waals surface area contributed by atoms with Crippen LogP contribution in [-0.4, -0.2) is 35.1 Å². The maximum atomic E-state index is 12.6. The van der Waals surface area contributed by atoms with Crippen molar-refractivity contribution < 1.29 is 9.15 Å². The van der Waals surface area contributed by atoms with E-state index in [0.29, 0.717) is 12.5 Å². The van der Waals surface area contributed by atoms with Crippen molar-refractivity contribution in [2.24, 2.45) is 0 Å². The number of anilines is 1. The van der Waals surface area contributed by atoms with E-state index < -0.39 is 0 Å². The fourth-order valence-corrected chi connectivity index (χ4v) is 4.81. The second-order valence-corrected chi connectivity index (χ2v) is 9.07. The van der Waals surface area contributed by atoms with Crippen molar-refractivity contribution in [2.75, 3.05) is 25.5 Å². The van der Waals surface area contributed by atoms with Gasteiger partial charge < -0.3 is 14.5 Å². The molecule has 0 spiro atoms. The van der Waals surface area contributed by atoms with E-state index in [2.05, 4.69) is 39.5 Å². The summed E-state index contributed by atoms with van der Waals surface area (Å²) in [5.74, 6) is 3.25. The number of nitrogens with zero attached hydrogens (tertiary/aromatic N) is 2. The number of aromatic amines is 1. The van der Waals surface area contributed by atoms with Crippen LogP contribution in [0.25, 0.3) is 0 Å². The molecule has 1 aliphatic heterocycles. The zero-order chi connectivity index (χ0) is 24.2. The van der Waals surface area contributed by atoms with Crippen LogP contribution in [0.2, 0.25) is 0 Å². The molecule has 7 nitrogen and oxygen atoms in total. The number of hydrogen-bond acceptors (Lipinski definition) is 6. The van der Waals surface area contributed by atoms with Crippen LogP contribution in [0.4, 0.5) is 5.95 Å². The third kappa shape index (κ3) is 5.46. The van der Waals surface area contributed by atoms with E-state index >= 15 is 0 Å². The van der Waals surface area contributed by atoms with Gasteiger partial charge in [0.1, 0.15) is 17.3 Å². The van der Waals surface area contributed by atoms with E-state index in [1.165, 1.54) is 5.56 Å². The summed E-state index contributed by atoms with van der Waals surface area (Å²) in [5.41, 5.74) is 2.91. The van der Waals surface area contributed by atoms with Gasteiger partial charge in [-0.3, -0.25) is 14.7 Å². The van der Waals surface area contributed by atoms with Crippen molar-refractivity contribution in [2.45, 2.75) is 31.8 Å². The van der Waals surface area contributed by atoms with E-state index in [1.807, 2.05) is 49.4 Å². The number of nitrogens with one attached hydrogen (secondary N) is 2. The highest BCUT2D eigenvalue weighted by Crippen LogP contribution is 2.40. The number of hydrogen-bond donors (Lipinski definition) is 2. The molecule has 2 aromatic heterocycles. The molecule has 0 unspecified atom stereocenters. The maximum Gasteiger partial charge on any atom is 0.252 e. The van der Waals surface area contributed by atoms with Gasteiger partial charge in [-0.05, 0) is 42.3 Å². The van der Waals surface area contributed by atoms with Crippen LogP contribution >= 0.6 is 0 Å². The molecule has 0 amide bonds. The van der Waals surface area contributed by atoms with Crippen molar-refractivity contribution in [1.82, 2.24) is 14.9 Å². The molecule has 7 heteroatoms. The van der Waals surface area contributed by atoms with E-state index in [1.54, 1.807) is 13.2 Å². The van der Waals surface area contributed by atoms with Crippen molar-refractivity contribution in [3.63, 3.8) is 0 Å². The number of aryl methyl sites for hydroxylation is 1. The number of likely N-dealkylation sites (tertiary alicyclic amines) is 1. The molecule has 1 aliphatic rings. The van der Waals surface area contributed by atoms with E-state index in [4.69, 9.17) is 14.1 Å². The standard InChI is InChI=1S/C28H30N4O3/c1-19-11-12-26(35-19)24-18-32(16-20-7-4-3-5-8-20)17-23(24)25-14-27(33)31-28(30-25)29-15-21-9-6-10-22(13-21)34-2/h3-14,23-24H,15-18H2,1-2H3,(H2,29,30,31,33)/t23-,24+/m1/s1. The Morgan fingerprint density at radius 1 is 1.03 bits per heavy atom. The number of furan rings is 1. The highest BCUT2D eigenvalue weighted by Gasteiger charge is 2.38. The third-order valence-corrected chi connectivity index (χ3v) is 6.51. The van der Waals surface area contributed by atoms with Gasteiger partial charge in [-0.2, -0.15) is 0 Å². The fourth-order valence-electron chi connectivity index (χ4n) is 4.81. The molecular formula is C28H30N4O3. The highest BCUT2D eigenvalue weighted by molar-refractivity contribution is 5.34. The minimum Gasteiger partial charge on any atom is -0.497 e. The van der Waals surface area contributed by atoms with Gasteiger partial charge in [0.15, 0.2) is 0 Å². The first-order valence-electron chi connectivity index (χ1n) is 11.9. The summed E-state index contributed by atoms with van der Waals surface area (Å²) in [7, 11) is 1.65. The number of ether oxygens (including phenoxy) is 1. The summed E-state index contributed by atoms with van der Waals surface area (Å²) in [6.45, 7) is 4.97. The lowest BCUT2D eigenvalue weighted by molar-refractivity contribution is 0.319. The first kappa shape index (κ1) is 22.9. The molecule has 4 aromatic rings. The van der Waals surface area contributed by atoms with Crippen LogP contribution < -0.4 is 15.6 Å². The molecule has 180 valence electrons. The molecule has 35 heavy (non-hydrogen) atoms. The Bertz CT molecular complexity index is 1330. The van der Waals surface area contributed by atoms with Crippen molar-refractivity contribution in [1.29, 1.82) is 0 Å². The second kappa shape index (κ2) is 10.2. The quantitative estimate of drug-likeness (QED) is 0.389. The molecule has 1 saturated heterocycles. The lowest BCUT2D eigenvalue weighted by Crippen LogP contribution is -2.21. The number of aromatic nitrogens is 2. The number of methoxy groups -OCH3 is 1. The van der Waals surface area contributed by atoms with Crippen LogP contribution in [0, 0.1) is 6.92 Å². The average Bonchev–Trinajstić information content (AvgIpc) is 3.49. The molecule has 2 atom stereocenters. The van der Waals surface area contributed by atoms with Gasteiger partial charge >= 0.3 is 0 Å². The third-order valence-electron chi connectivity index (χ3n) is 6.51. The predicted molar refractivity (Wildman–Crippen MR) is 136 cm³/mol. The minimum atomic E-state index is -0.168. The van der Waals surface area contributed by atoms with Crippen LogP contribution in [0.5, 0.6) is 5.75 Å². The molecule has 0 saturated carbocycles. The van der Waals surface area contributed by atoms with Crippen LogP contribution in [0.15, 0.2) is 82.0 Å². The monoisotopic (exact) mass is 470 g/mol. The van der Waals surface area contributed by atoms with Gasteiger partial charge in [-0.1, -0.05) is 42.5 Å². The van der Waals surface area contributed by atoms with Crippen molar-refractivity contribution >= 4 is 5.95 Å². The highest BCUT2D eigenvalue weighted by atomic mass is 16.5. The summed E-state index contributed by atoms with van der Waals surface area (Å²) >= 11 is 0. The first-order chi connectivity index (χ1) is 17.1. The van der Waals surface area contributed by atoms with Gasteiger partial charge in [0, 0.05) is 44.1 Å². The van der Waals surface area contributed by atoms with Gasteiger partial charge in [-0.15, -0.1) is 0 Å². The lowest BCUT2D eigenvalue weighted by atomic mass is 9.90. The predicted octanol–water partition coefficient (Wildman–Crippen LogP) is 4.68. The van der Waals surface area contributed by atoms with Gasteiger partial charge in [0.25, 0.3) is 5.56 Å². The number of benzene rings is 2. The number of H-pyrrole nitrogens is 1. The van der Waals surface area contributed by atoms with Crippen LogP contribution in [0.3, 0.4) is 0 Å². The summed E-state index contributed by atoms with van der Waals surface area (Å²) in [5, 5.41) is 3.27. The summed E-state index contributed by atoms with van der Waals surface area (Å²) in [4.78, 5) is 22.7. The van der Waals surface area contributed by atoms with Crippen LogP contribution in [-0.2, 0) is 13.1 Å². The summed E-state index contributed by atoms with van der Waals surface area (Å²) in [6.07, 6.45) is 0. The Morgan fingerprint density at radius 3 is 2.60 bits per heavy atom. The Hall–Kier alpha value is -3.84. The van der Waals surface area contributed by atoms with Crippen molar-refractivity contribution in [3.8, 4) is 5.75 Å². The smallest absolute Gasteiger partial charge is 0.252 e. The molecule has 3 heterocycles. The maximum absolute atomic E-state index is 12.6. The Morgan fingerprint density at radius 2 is 1.83 bits per heavy atom. The van der Waals surface area contributed by atoms with E-state index in [0.717, 1.165) is 48.2 Å². The van der Waals surface area contributed by atoms with Crippen molar-refractivity contribution in [3.05, 3.63) is 111 Å². The summed E-state index contributed by atoms with van der Waals surface area (Å²) < 4.78 is 11.3. The lowest BCUT2D eigenvalue weighted by Gasteiger charge is -2.17. The van der Waals surface area contributed by atoms with Gasteiger partial charge in [0.05, 0.1) is 12.8 Å². The molecule has 2 N–H and O–H groups in total. The molecule has 0 radical (unpaired) electrons.